The van der Waals surface area contributed by atoms with Crippen molar-refractivity contribution < 1.29 is 19.8 Å². The van der Waals surface area contributed by atoms with E-state index in [1.807, 2.05) is 18.4 Å². The zero-order valence-corrected chi connectivity index (χ0v) is 13.0. The molecule has 0 bridgehead atoms. The number of aliphatic hydroxyl groups is 1. The molecule has 1 heterocycles. The molecule has 0 aliphatic carbocycles. The average molecular weight is 320 g/mol. The Hall–Kier alpha value is -2.25. The fraction of sp³-hybridized carbons (Fsp3) is 0.267. The summed E-state index contributed by atoms with van der Waals surface area (Å²) in [5.41, 5.74) is -0.0275. The van der Waals surface area contributed by atoms with Gasteiger partial charge in [0.1, 0.15) is 0 Å². The van der Waals surface area contributed by atoms with Crippen LogP contribution in [0.5, 0.6) is 0 Å². The minimum Gasteiger partial charge on any atom is -0.479 e. The lowest BCUT2D eigenvalue weighted by Gasteiger charge is -2.18. The first-order valence-electron chi connectivity index (χ1n) is 6.56. The van der Waals surface area contributed by atoms with Crippen molar-refractivity contribution in [2.45, 2.75) is 19.4 Å². The second-order valence-corrected chi connectivity index (χ2v) is 6.16. The number of aliphatic carboxylic acids is 1. The second kappa shape index (κ2) is 6.25. The van der Waals surface area contributed by atoms with Crippen molar-refractivity contribution in [1.82, 2.24) is 10.3 Å². The van der Waals surface area contributed by atoms with Crippen LogP contribution in [-0.4, -0.2) is 39.2 Å². The molecular weight excluding hydrogens is 304 g/mol. The SMILES string of the molecule is Cc1nc(-c2cccc(C(=O)NCC(C)(O)C(=O)O)c2)cs1. The molecule has 22 heavy (non-hydrogen) atoms. The van der Waals surface area contributed by atoms with Gasteiger partial charge in [-0.1, -0.05) is 12.1 Å². The summed E-state index contributed by atoms with van der Waals surface area (Å²) in [6.45, 7) is 2.66. The lowest BCUT2D eigenvalue weighted by Crippen LogP contribution is -2.46. The molecule has 0 fully saturated rings. The second-order valence-electron chi connectivity index (χ2n) is 5.09. The lowest BCUT2D eigenvalue weighted by molar-refractivity contribution is -0.155. The number of amides is 1. The summed E-state index contributed by atoms with van der Waals surface area (Å²) in [6.07, 6.45) is 0. The molecule has 0 saturated carbocycles. The van der Waals surface area contributed by atoms with Crippen molar-refractivity contribution in [1.29, 1.82) is 0 Å². The topological polar surface area (TPSA) is 99.5 Å². The highest BCUT2D eigenvalue weighted by Crippen LogP contribution is 2.22. The number of carboxylic acids is 1. The van der Waals surface area contributed by atoms with E-state index in [0.29, 0.717) is 5.56 Å². The van der Waals surface area contributed by atoms with Gasteiger partial charge in [-0.2, -0.15) is 0 Å². The maximum Gasteiger partial charge on any atom is 0.337 e. The Bertz CT molecular complexity index is 709. The van der Waals surface area contributed by atoms with Gasteiger partial charge in [0.2, 0.25) is 0 Å². The van der Waals surface area contributed by atoms with Crippen LogP contribution in [0.3, 0.4) is 0 Å². The van der Waals surface area contributed by atoms with Gasteiger partial charge in [0, 0.05) is 16.5 Å². The molecule has 1 aromatic heterocycles. The standard InChI is InChI=1S/C15H16N2O4S/c1-9-17-12(7-22-9)10-4-3-5-11(6-10)13(18)16-8-15(2,21)14(19)20/h3-7,21H,8H2,1-2H3,(H,16,18)(H,19,20). The predicted molar refractivity (Wildman–Crippen MR) is 82.9 cm³/mol. The molecule has 0 spiro atoms. The quantitative estimate of drug-likeness (QED) is 0.778. The van der Waals surface area contributed by atoms with Gasteiger partial charge in [0.15, 0.2) is 5.60 Å². The number of hydrogen-bond donors (Lipinski definition) is 3. The molecule has 0 aliphatic heterocycles. The van der Waals surface area contributed by atoms with Crippen molar-refractivity contribution in [2.75, 3.05) is 6.54 Å². The molecule has 0 saturated heterocycles. The highest BCUT2D eigenvalue weighted by molar-refractivity contribution is 7.09. The first kappa shape index (κ1) is 16.1. The van der Waals surface area contributed by atoms with Gasteiger partial charge in [0.25, 0.3) is 5.91 Å². The Balaban J connectivity index is 2.13. The molecule has 3 N–H and O–H groups in total. The molecular formula is C15H16N2O4S. The molecule has 0 aliphatic rings. The van der Waals surface area contributed by atoms with E-state index in [1.54, 1.807) is 18.2 Å². The molecule has 1 aromatic carbocycles. The van der Waals surface area contributed by atoms with Crippen molar-refractivity contribution in [3.05, 3.63) is 40.2 Å². The number of aromatic nitrogens is 1. The predicted octanol–water partition coefficient (Wildman–Crippen LogP) is 1.68. The molecule has 6 nitrogen and oxygen atoms in total. The zero-order valence-electron chi connectivity index (χ0n) is 12.2. The van der Waals surface area contributed by atoms with Crippen LogP contribution in [-0.2, 0) is 4.79 Å². The first-order chi connectivity index (χ1) is 10.3. The summed E-state index contributed by atoms with van der Waals surface area (Å²) in [7, 11) is 0. The fourth-order valence-corrected chi connectivity index (χ4v) is 2.37. The van der Waals surface area contributed by atoms with Crippen molar-refractivity contribution in [2.24, 2.45) is 0 Å². The Morgan fingerprint density at radius 1 is 1.41 bits per heavy atom. The third-order valence-electron chi connectivity index (χ3n) is 3.09. The summed E-state index contributed by atoms with van der Waals surface area (Å²) >= 11 is 1.52. The molecule has 0 radical (unpaired) electrons. The molecule has 1 unspecified atom stereocenters. The monoisotopic (exact) mass is 320 g/mol. The number of aryl methyl sites for hydroxylation is 1. The zero-order chi connectivity index (χ0) is 16.3. The van der Waals surface area contributed by atoms with E-state index in [1.165, 1.54) is 11.3 Å². The van der Waals surface area contributed by atoms with Crippen LogP contribution in [0.25, 0.3) is 11.3 Å². The third kappa shape index (κ3) is 3.69. The maximum atomic E-state index is 12.1. The van der Waals surface area contributed by atoms with Gasteiger partial charge in [-0.05, 0) is 26.0 Å². The molecule has 1 amide bonds. The highest BCUT2D eigenvalue weighted by Gasteiger charge is 2.30. The molecule has 116 valence electrons. The van der Waals surface area contributed by atoms with Gasteiger partial charge in [-0.3, -0.25) is 4.79 Å². The maximum absolute atomic E-state index is 12.1. The van der Waals surface area contributed by atoms with Crippen molar-refractivity contribution in [3.63, 3.8) is 0 Å². The summed E-state index contributed by atoms with van der Waals surface area (Å²) in [5, 5.41) is 23.7. The summed E-state index contributed by atoms with van der Waals surface area (Å²) in [5.74, 6) is -1.84. The molecule has 2 aromatic rings. The lowest BCUT2D eigenvalue weighted by atomic mass is 10.1. The summed E-state index contributed by atoms with van der Waals surface area (Å²) in [6, 6.07) is 6.87. The van der Waals surface area contributed by atoms with E-state index in [0.717, 1.165) is 23.2 Å². The number of rotatable bonds is 5. The Labute approximate surface area is 131 Å². The Morgan fingerprint density at radius 3 is 2.73 bits per heavy atom. The molecule has 1 atom stereocenters. The van der Waals surface area contributed by atoms with Crippen LogP contribution in [0.15, 0.2) is 29.6 Å². The largest absolute Gasteiger partial charge is 0.479 e. The van der Waals surface area contributed by atoms with Crippen LogP contribution < -0.4 is 5.32 Å². The van der Waals surface area contributed by atoms with E-state index in [2.05, 4.69) is 10.3 Å². The average Bonchev–Trinajstić information content (AvgIpc) is 2.91. The van der Waals surface area contributed by atoms with Crippen LogP contribution in [0.2, 0.25) is 0 Å². The van der Waals surface area contributed by atoms with E-state index in [-0.39, 0.29) is 6.54 Å². The van der Waals surface area contributed by atoms with Crippen LogP contribution in [0, 0.1) is 6.92 Å². The fourth-order valence-electron chi connectivity index (χ4n) is 1.75. The number of carboxylic acid groups (broad SMARTS) is 1. The third-order valence-corrected chi connectivity index (χ3v) is 3.87. The number of carbonyl (C=O) groups excluding carboxylic acids is 1. The van der Waals surface area contributed by atoms with E-state index < -0.39 is 17.5 Å². The Kier molecular flexibility index (Phi) is 4.58. The Morgan fingerprint density at radius 2 is 2.14 bits per heavy atom. The number of nitrogens with one attached hydrogen (secondary N) is 1. The highest BCUT2D eigenvalue weighted by atomic mass is 32.1. The van der Waals surface area contributed by atoms with E-state index in [4.69, 9.17) is 5.11 Å². The van der Waals surface area contributed by atoms with Crippen molar-refractivity contribution in [3.8, 4) is 11.3 Å². The summed E-state index contributed by atoms with van der Waals surface area (Å²) in [4.78, 5) is 27.2. The minimum atomic E-state index is -2.00. The van der Waals surface area contributed by atoms with Crippen LogP contribution in [0.1, 0.15) is 22.3 Å². The number of benzene rings is 1. The minimum absolute atomic E-state index is 0.374. The molecule has 7 heteroatoms. The molecule has 2 rings (SSSR count). The number of thiazole rings is 1. The van der Waals surface area contributed by atoms with E-state index >= 15 is 0 Å². The van der Waals surface area contributed by atoms with Gasteiger partial charge in [-0.15, -0.1) is 11.3 Å². The number of carbonyl (C=O) groups is 2. The van der Waals surface area contributed by atoms with Crippen LogP contribution in [0.4, 0.5) is 0 Å². The van der Waals surface area contributed by atoms with Crippen molar-refractivity contribution >= 4 is 23.2 Å². The van der Waals surface area contributed by atoms with Gasteiger partial charge < -0.3 is 15.5 Å². The van der Waals surface area contributed by atoms with Crippen LogP contribution >= 0.6 is 11.3 Å². The normalized spacial score (nSPS) is 13.4. The summed E-state index contributed by atoms with van der Waals surface area (Å²) < 4.78 is 0. The first-order valence-corrected chi connectivity index (χ1v) is 7.44. The van der Waals surface area contributed by atoms with Gasteiger partial charge in [0.05, 0.1) is 17.2 Å². The van der Waals surface area contributed by atoms with Gasteiger partial charge in [-0.25, -0.2) is 9.78 Å². The van der Waals surface area contributed by atoms with Gasteiger partial charge >= 0.3 is 5.97 Å². The van der Waals surface area contributed by atoms with E-state index in [9.17, 15) is 14.7 Å². The number of hydrogen-bond acceptors (Lipinski definition) is 5. The smallest absolute Gasteiger partial charge is 0.337 e. The number of nitrogens with zero attached hydrogens (tertiary/aromatic N) is 1.